The highest BCUT2D eigenvalue weighted by Gasteiger charge is 2.51. The van der Waals surface area contributed by atoms with Gasteiger partial charge in [-0.3, -0.25) is 14.5 Å². The van der Waals surface area contributed by atoms with Crippen molar-refractivity contribution in [2.45, 2.75) is 12.5 Å². The molecule has 0 aliphatic carbocycles. The molecule has 5 nitrogen and oxygen atoms in total. The van der Waals surface area contributed by atoms with Crippen LogP contribution in [0.3, 0.4) is 0 Å². The number of hydrogen-bond donors (Lipinski definition) is 1. The van der Waals surface area contributed by atoms with Gasteiger partial charge in [0.1, 0.15) is 6.54 Å². The summed E-state index contributed by atoms with van der Waals surface area (Å²) in [6.45, 7) is 1.80. The van der Waals surface area contributed by atoms with E-state index in [9.17, 15) is 14.7 Å². The molecule has 1 atom stereocenters. The zero-order valence-corrected chi connectivity index (χ0v) is 16.4. The van der Waals surface area contributed by atoms with Crippen molar-refractivity contribution in [1.82, 2.24) is 0 Å². The van der Waals surface area contributed by atoms with E-state index in [0.717, 1.165) is 11.3 Å². The van der Waals surface area contributed by atoms with Crippen molar-refractivity contribution < 1.29 is 14.7 Å². The van der Waals surface area contributed by atoms with Gasteiger partial charge in [0.25, 0.3) is 5.91 Å². The van der Waals surface area contributed by atoms with Crippen LogP contribution in [0.1, 0.15) is 16.7 Å². The minimum Gasteiger partial charge on any atom is -0.372 e. The first-order chi connectivity index (χ1) is 13.9. The molecule has 146 valence electrons. The number of para-hydroxylation sites is 1. The molecule has 2 amide bonds. The van der Waals surface area contributed by atoms with Gasteiger partial charge < -0.3 is 10.0 Å². The second-order valence-corrected chi connectivity index (χ2v) is 7.28. The first kappa shape index (κ1) is 18.9. The Morgan fingerprint density at radius 3 is 2.41 bits per heavy atom. The maximum Gasteiger partial charge on any atom is 0.268 e. The van der Waals surface area contributed by atoms with E-state index in [2.05, 4.69) is 0 Å². The van der Waals surface area contributed by atoms with Gasteiger partial charge in [-0.25, -0.2) is 0 Å². The van der Waals surface area contributed by atoms with Crippen LogP contribution in [0, 0.1) is 6.92 Å². The highest BCUT2D eigenvalue weighted by Crippen LogP contribution is 2.44. The molecule has 4 rings (SSSR count). The molecule has 0 aromatic heterocycles. The van der Waals surface area contributed by atoms with E-state index >= 15 is 0 Å². The molecular weight excluding hydrogens is 364 g/mol. The average Bonchev–Trinajstić information content (AvgIpc) is 2.97. The van der Waals surface area contributed by atoms with Gasteiger partial charge in [0.05, 0.1) is 5.69 Å². The van der Waals surface area contributed by atoms with E-state index in [1.807, 2.05) is 37.3 Å². The molecule has 0 saturated carbocycles. The van der Waals surface area contributed by atoms with E-state index in [1.54, 1.807) is 55.6 Å². The first-order valence-corrected chi connectivity index (χ1v) is 9.45. The fraction of sp³-hybridized carbons (Fsp3) is 0.167. The molecule has 1 N–H and O–H groups in total. The summed E-state index contributed by atoms with van der Waals surface area (Å²) in [5, 5.41) is 11.4. The largest absolute Gasteiger partial charge is 0.372 e. The number of rotatable bonds is 4. The molecule has 0 radical (unpaired) electrons. The number of hydrogen-bond acceptors (Lipinski definition) is 3. The topological polar surface area (TPSA) is 60.9 Å². The van der Waals surface area contributed by atoms with Crippen molar-refractivity contribution in [3.63, 3.8) is 0 Å². The zero-order valence-electron chi connectivity index (χ0n) is 16.4. The number of anilines is 2. The standard InChI is InChI=1S/C24H22N2O3/c1-17-9-8-12-19(15-17)25(2)22(27)16-26-21-14-7-6-13-20(21)24(29,23(26)28)18-10-4-3-5-11-18/h3-15,29H,16H2,1-2H3/t24-/m1/s1. The third-order valence-electron chi connectivity index (χ3n) is 5.39. The maximum absolute atomic E-state index is 13.3. The second kappa shape index (κ2) is 7.18. The molecule has 1 heterocycles. The van der Waals surface area contributed by atoms with Gasteiger partial charge in [0.2, 0.25) is 5.91 Å². The van der Waals surface area contributed by atoms with Gasteiger partial charge >= 0.3 is 0 Å². The Labute approximate surface area is 169 Å². The number of nitrogens with zero attached hydrogens (tertiary/aromatic N) is 2. The van der Waals surface area contributed by atoms with Crippen molar-refractivity contribution in [2.24, 2.45) is 0 Å². The molecule has 1 aliphatic heterocycles. The van der Waals surface area contributed by atoms with Gasteiger partial charge in [-0.2, -0.15) is 0 Å². The number of aliphatic hydroxyl groups is 1. The molecule has 0 unspecified atom stereocenters. The lowest BCUT2D eigenvalue weighted by Gasteiger charge is -2.25. The molecule has 0 fully saturated rings. The van der Waals surface area contributed by atoms with Crippen LogP contribution < -0.4 is 9.80 Å². The van der Waals surface area contributed by atoms with Gasteiger partial charge in [0, 0.05) is 18.3 Å². The number of carbonyl (C=O) groups is 2. The lowest BCUT2D eigenvalue weighted by molar-refractivity contribution is -0.133. The van der Waals surface area contributed by atoms with Gasteiger partial charge in [0.15, 0.2) is 5.60 Å². The molecule has 3 aromatic carbocycles. The summed E-state index contributed by atoms with van der Waals surface area (Å²) < 4.78 is 0. The van der Waals surface area contributed by atoms with Crippen LogP contribution in [0.4, 0.5) is 11.4 Å². The summed E-state index contributed by atoms with van der Waals surface area (Å²) in [7, 11) is 1.69. The predicted molar refractivity (Wildman–Crippen MR) is 113 cm³/mol. The maximum atomic E-state index is 13.3. The van der Waals surface area contributed by atoms with Crippen molar-refractivity contribution in [3.05, 3.63) is 95.6 Å². The predicted octanol–water partition coefficient (Wildman–Crippen LogP) is 3.24. The first-order valence-electron chi connectivity index (χ1n) is 9.45. The molecule has 0 bridgehead atoms. The molecular formula is C24H22N2O3. The summed E-state index contributed by atoms with van der Waals surface area (Å²) >= 11 is 0. The minimum atomic E-state index is -1.81. The van der Waals surface area contributed by atoms with Crippen LogP contribution in [0.5, 0.6) is 0 Å². The highest BCUT2D eigenvalue weighted by atomic mass is 16.3. The molecule has 1 aliphatic rings. The SMILES string of the molecule is Cc1cccc(N(C)C(=O)CN2C(=O)[C@@](O)(c3ccccc3)c3ccccc32)c1. The molecule has 0 spiro atoms. The summed E-state index contributed by atoms with van der Waals surface area (Å²) in [5.74, 6) is -0.757. The van der Waals surface area contributed by atoms with Gasteiger partial charge in [-0.15, -0.1) is 0 Å². The fourth-order valence-electron chi connectivity index (χ4n) is 3.77. The number of carbonyl (C=O) groups excluding carboxylic acids is 2. The van der Waals surface area contributed by atoms with Crippen molar-refractivity contribution >= 4 is 23.2 Å². The van der Waals surface area contributed by atoms with E-state index in [-0.39, 0.29) is 12.5 Å². The number of aryl methyl sites for hydroxylation is 1. The number of fused-ring (bicyclic) bond motifs is 1. The van der Waals surface area contributed by atoms with Crippen LogP contribution in [0.15, 0.2) is 78.9 Å². The Kier molecular flexibility index (Phi) is 4.68. The van der Waals surface area contributed by atoms with Crippen LogP contribution in [-0.2, 0) is 15.2 Å². The van der Waals surface area contributed by atoms with Crippen LogP contribution in [0.2, 0.25) is 0 Å². The number of benzene rings is 3. The number of amides is 2. The van der Waals surface area contributed by atoms with Crippen molar-refractivity contribution in [2.75, 3.05) is 23.4 Å². The Bertz CT molecular complexity index is 1080. The second-order valence-electron chi connectivity index (χ2n) is 7.28. The van der Waals surface area contributed by atoms with Crippen molar-refractivity contribution in [1.29, 1.82) is 0 Å². The van der Waals surface area contributed by atoms with E-state index in [4.69, 9.17) is 0 Å². The number of likely N-dealkylation sites (N-methyl/N-ethyl adjacent to an activating group) is 1. The average molecular weight is 386 g/mol. The molecule has 5 heteroatoms. The summed E-state index contributed by atoms with van der Waals surface area (Å²) in [6.07, 6.45) is 0. The van der Waals surface area contributed by atoms with Gasteiger partial charge in [-0.05, 0) is 36.2 Å². The Balaban J connectivity index is 1.68. The monoisotopic (exact) mass is 386 g/mol. The van der Waals surface area contributed by atoms with Crippen molar-refractivity contribution in [3.8, 4) is 0 Å². The van der Waals surface area contributed by atoms with Crippen LogP contribution in [-0.4, -0.2) is 30.5 Å². The van der Waals surface area contributed by atoms with Gasteiger partial charge in [-0.1, -0.05) is 60.7 Å². The summed E-state index contributed by atoms with van der Waals surface area (Å²) in [5.41, 5.74) is 1.52. The lowest BCUT2D eigenvalue weighted by atomic mass is 9.88. The van der Waals surface area contributed by atoms with Crippen LogP contribution >= 0.6 is 0 Å². The van der Waals surface area contributed by atoms with E-state index < -0.39 is 11.5 Å². The van der Waals surface area contributed by atoms with E-state index in [1.165, 1.54) is 9.80 Å². The Hall–Kier alpha value is -3.44. The normalized spacial score (nSPS) is 17.9. The highest BCUT2D eigenvalue weighted by molar-refractivity contribution is 6.12. The molecule has 0 saturated heterocycles. The minimum absolute atomic E-state index is 0.157. The summed E-state index contributed by atoms with van der Waals surface area (Å²) in [4.78, 5) is 29.2. The molecule has 3 aromatic rings. The third-order valence-corrected chi connectivity index (χ3v) is 5.39. The van der Waals surface area contributed by atoms with Crippen LogP contribution in [0.25, 0.3) is 0 Å². The smallest absolute Gasteiger partial charge is 0.268 e. The molecule has 29 heavy (non-hydrogen) atoms. The summed E-state index contributed by atoms with van der Waals surface area (Å²) in [6, 6.07) is 23.5. The third kappa shape index (κ3) is 3.09. The zero-order chi connectivity index (χ0) is 20.6. The Morgan fingerprint density at radius 2 is 1.69 bits per heavy atom. The Morgan fingerprint density at radius 1 is 1.00 bits per heavy atom. The van der Waals surface area contributed by atoms with E-state index in [0.29, 0.717) is 16.8 Å². The fourth-order valence-corrected chi connectivity index (χ4v) is 3.77. The quantitative estimate of drug-likeness (QED) is 0.749. The lowest BCUT2D eigenvalue weighted by Crippen LogP contribution is -2.45.